The lowest BCUT2D eigenvalue weighted by Crippen LogP contribution is -2.38. The number of azo groups is 1. The van der Waals surface area contributed by atoms with Crippen LogP contribution in [0.3, 0.4) is 0 Å². The van der Waals surface area contributed by atoms with Crippen LogP contribution in [0.4, 0.5) is 0 Å². The first-order valence-electron chi connectivity index (χ1n) is 4.79. The molecule has 0 unspecified atom stereocenters. The second-order valence-corrected chi connectivity index (χ2v) is 4.38. The summed E-state index contributed by atoms with van der Waals surface area (Å²) in [4.78, 5) is 8.36. The van der Waals surface area contributed by atoms with Gasteiger partial charge in [-0.15, -0.1) is 10.1 Å². The van der Waals surface area contributed by atoms with Crippen LogP contribution in [-0.2, 0) is 0 Å². The molecule has 0 saturated carbocycles. The maximum atomic E-state index is 8.36. The van der Waals surface area contributed by atoms with E-state index in [9.17, 15) is 0 Å². The van der Waals surface area contributed by atoms with Crippen molar-refractivity contribution in [3.05, 3.63) is 10.1 Å². The minimum absolute atomic E-state index is 0.0689. The minimum Gasteiger partial charge on any atom is -0.386 e. The normalized spacial score (nSPS) is 11.6. The van der Waals surface area contributed by atoms with Crippen LogP contribution < -0.4 is 11.5 Å². The zero-order valence-electron chi connectivity index (χ0n) is 10.8. The number of hydrogen-bond donors (Lipinski definition) is 5. The number of hydrogen-bond acceptors (Lipinski definition) is 6. The zero-order valence-corrected chi connectivity index (χ0v) is 10.8. The Kier molecular flexibility index (Phi) is 6.51. The predicted molar refractivity (Wildman–Crippen MR) is 65.6 cm³/mol. The molecule has 10 heteroatoms. The van der Waals surface area contributed by atoms with Crippen molar-refractivity contribution in [1.29, 1.82) is 10.8 Å². The molecule has 0 aliphatic rings. The largest absolute Gasteiger partial charge is 0.386 e. The van der Waals surface area contributed by atoms with Gasteiger partial charge >= 0.3 is 0 Å². The Morgan fingerprint density at radius 2 is 1.28 bits per heavy atom. The smallest absolute Gasteiger partial charge is 0.291 e. The van der Waals surface area contributed by atoms with E-state index in [2.05, 4.69) is 10.2 Å². The molecule has 0 bridgehead atoms. The molecule has 0 rings (SSSR count). The summed E-state index contributed by atoms with van der Waals surface area (Å²) in [6.07, 6.45) is 0. The van der Waals surface area contributed by atoms with Gasteiger partial charge in [0.2, 0.25) is 0 Å². The summed E-state index contributed by atoms with van der Waals surface area (Å²) in [5.74, 6) is -0.138. The number of amidine groups is 2. The van der Waals surface area contributed by atoms with E-state index >= 15 is 0 Å². The van der Waals surface area contributed by atoms with Gasteiger partial charge in [-0.05, 0) is 27.7 Å². The van der Waals surface area contributed by atoms with Crippen LogP contribution in [-0.4, -0.2) is 33.0 Å². The maximum absolute atomic E-state index is 8.36. The fourth-order valence-corrected chi connectivity index (χ4v) is 0.358. The first-order valence-corrected chi connectivity index (χ1v) is 4.79. The third-order valence-electron chi connectivity index (χ3n) is 1.87. The molecular weight excluding hydrogens is 242 g/mol. The summed E-state index contributed by atoms with van der Waals surface area (Å²) in [5, 5.41) is 35.9. The van der Waals surface area contributed by atoms with Crippen LogP contribution in [0.1, 0.15) is 27.7 Å². The van der Waals surface area contributed by atoms with Crippen LogP contribution in [0.2, 0.25) is 0 Å². The monoisotopic (exact) mass is 261 g/mol. The Bertz CT molecular complexity index is 330. The Balaban J connectivity index is 0. The van der Waals surface area contributed by atoms with E-state index in [-0.39, 0.29) is 11.7 Å². The van der Waals surface area contributed by atoms with Crippen LogP contribution >= 0.6 is 0 Å². The molecule has 0 saturated heterocycles. The van der Waals surface area contributed by atoms with E-state index in [1.165, 1.54) is 0 Å². The molecule has 0 aromatic rings. The fraction of sp³-hybridized carbons (Fsp3) is 0.750. The van der Waals surface area contributed by atoms with Crippen molar-refractivity contribution in [1.82, 2.24) is 0 Å². The lowest BCUT2D eigenvalue weighted by atomic mass is 10.1. The van der Waals surface area contributed by atoms with E-state index < -0.39 is 16.2 Å². The van der Waals surface area contributed by atoms with E-state index in [1.807, 2.05) is 0 Å². The Morgan fingerprint density at radius 3 is 1.39 bits per heavy atom. The SMILES string of the molecule is CC(C)(N=NC(C)(C)C(=N)N)C(=N)N.O=[N+]([O-])O. The topological polar surface area (TPSA) is 188 Å². The highest BCUT2D eigenvalue weighted by molar-refractivity contribution is 5.87. The number of nitrogens with one attached hydrogen (secondary N) is 2. The maximum Gasteiger partial charge on any atom is 0.291 e. The predicted octanol–water partition coefficient (Wildman–Crippen LogP) is 0.520. The van der Waals surface area contributed by atoms with E-state index in [4.69, 9.17) is 37.6 Å². The first kappa shape index (κ1) is 18.1. The van der Waals surface area contributed by atoms with Gasteiger partial charge in [0.25, 0.3) is 5.09 Å². The molecule has 0 amide bonds. The highest BCUT2D eigenvalue weighted by Crippen LogP contribution is 2.15. The Hall–Kier alpha value is -2.26. The standard InChI is InChI=1S/C8H18N6.HNO3/c1-7(2,5(9)10)13-14-8(3,4)6(11)12;2-1(3)4/h1-4H3,(H3,9,10)(H3,11,12);(H,2,3,4). The van der Waals surface area contributed by atoms with Gasteiger partial charge in [0.1, 0.15) is 22.7 Å². The molecule has 0 aliphatic heterocycles. The third-order valence-corrected chi connectivity index (χ3v) is 1.87. The summed E-state index contributed by atoms with van der Waals surface area (Å²) in [6.45, 7) is 6.70. The molecule has 0 aromatic carbocycles. The molecule has 0 heterocycles. The van der Waals surface area contributed by atoms with Gasteiger partial charge in [-0.3, -0.25) is 10.8 Å². The Morgan fingerprint density at radius 1 is 1.11 bits per heavy atom. The van der Waals surface area contributed by atoms with Crippen molar-refractivity contribution in [2.45, 2.75) is 38.8 Å². The molecule has 0 spiro atoms. The van der Waals surface area contributed by atoms with Gasteiger partial charge in [0.05, 0.1) is 0 Å². The zero-order chi connectivity index (χ0) is 15.1. The van der Waals surface area contributed by atoms with Crippen molar-refractivity contribution in [2.75, 3.05) is 0 Å². The third kappa shape index (κ3) is 7.96. The van der Waals surface area contributed by atoms with Gasteiger partial charge in [0.15, 0.2) is 0 Å². The Labute approximate surface area is 104 Å². The van der Waals surface area contributed by atoms with Crippen molar-refractivity contribution in [3.8, 4) is 0 Å². The minimum atomic E-state index is -1.50. The average molecular weight is 261 g/mol. The molecule has 18 heavy (non-hydrogen) atoms. The second kappa shape index (κ2) is 6.47. The van der Waals surface area contributed by atoms with Gasteiger partial charge < -0.3 is 16.7 Å². The van der Waals surface area contributed by atoms with Gasteiger partial charge in [-0.1, -0.05) is 0 Å². The molecule has 0 aliphatic carbocycles. The molecule has 0 atom stereocenters. The van der Waals surface area contributed by atoms with Crippen molar-refractivity contribution in [2.24, 2.45) is 21.7 Å². The molecular formula is C8H19N7O3. The van der Waals surface area contributed by atoms with Crippen LogP contribution in [0.15, 0.2) is 10.2 Å². The molecule has 7 N–H and O–H groups in total. The number of nitrogens with zero attached hydrogens (tertiary/aromatic N) is 3. The van der Waals surface area contributed by atoms with Gasteiger partial charge in [-0.25, -0.2) is 0 Å². The molecule has 10 nitrogen and oxygen atoms in total. The first-order chi connectivity index (χ1) is 7.83. The number of nitrogens with two attached hydrogens (primary N) is 2. The highest BCUT2D eigenvalue weighted by atomic mass is 16.9. The van der Waals surface area contributed by atoms with Crippen LogP contribution in [0.25, 0.3) is 0 Å². The van der Waals surface area contributed by atoms with E-state index in [1.54, 1.807) is 27.7 Å². The number of rotatable bonds is 4. The average Bonchev–Trinajstić information content (AvgIpc) is 2.13. The second-order valence-electron chi connectivity index (χ2n) is 4.38. The van der Waals surface area contributed by atoms with Crippen molar-refractivity contribution >= 4 is 11.7 Å². The molecule has 104 valence electrons. The molecule has 0 aromatic heterocycles. The van der Waals surface area contributed by atoms with Crippen LogP contribution in [0.5, 0.6) is 0 Å². The molecule has 0 radical (unpaired) electrons. The van der Waals surface area contributed by atoms with Gasteiger partial charge in [0, 0.05) is 0 Å². The highest BCUT2D eigenvalue weighted by Gasteiger charge is 2.25. The molecule has 0 fully saturated rings. The quantitative estimate of drug-likeness (QED) is 0.162. The fourth-order valence-electron chi connectivity index (χ4n) is 0.358. The summed E-state index contributed by atoms with van der Waals surface area (Å²) in [6, 6.07) is 0. The lowest BCUT2D eigenvalue weighted by Gasteiger charge is -2.20. The lowest BCUT2D eigenvalue weighted by molar-refractivity contribution is -0.742. The van der Waals surface area contributed by atoms with Crippen molar-refractivity contribution < 1.29 is 10.3 Å². The summed E-state index contributed by atoms with van der Waals surface area (Å²) < 4.78 is 0. The van der Waals surface area contributed by atoms with E-state index in [0.717, 1.165) is 0 Å². The van der Waals surface area contributed by atoms with Gasteiger partial charge in [-0.2, -0.15) is 10.2 Å². The summed E-state index contributed by atoms with van der Waals surface area (Å²) in [5.41, 5.74) is 8.96. The van der Waals surface area contributed by atoms with Crippen molar-refractivity contribution in [3.63, 3.8) is 0 Å². The summed E-state index contributed by atoms with van der Waals surface area (Å²) >= 11 is 0. The van der Waals surface area contributed by atoms with E-state index in [0.29, 0.717) is 0 Å². The summed E-state index contributed by atoms with van der Waals surface area (Å²) in [7, 11) is 0. The van der Waals surface area contributed by atoms with Crippen LogP contribution in [0, 0.1) is 20.9 Å².